The molecule has 134 valence electrons. The monoisotopic (exact) mass is 344 g/mol. The minimum absolute atomic E-state index is 0.169. The van der Waals surface area contributed by atoms with Crippen LogP contribution in [0.3, 0.4) is 0 Å². The highest BCUT2D eigenvalue weighted by Crippen LogP contribution is 2.28. The lowest BCUT2D eigenvalue weighted by atomic mass is 9.97. The average molecular weight is 344 g/mol. The van der Waals surface area contributed by atoms with Gasteiger partial charge >= 0.3 is 6.03 Å². The van der Waals surface area contributed by atoms with Gasteiger partial charge in [-0.05, 0) is 51.0 Å². The number of carbonyl (C=O) groups is 1. The normalized spacial score (nSPS) is 17.8. The molecule has 0 radical (unpaired) electrons. The Bertz CT molecular complexity index is 734. The van der Waals surface area contributed by atoms with Crippen molar-refractivity contribution >= 4 is 11.7 Å². The second kappa shape index (κ2) is 6.84. The van der Waals surface area contributed by atoms with Gasteiger partial charge in [-0.1, -0.05) is 6.92 Å². The highest BCUT2D eigenvalue weighted by atomic mass is 16.4. The highest BCUT2D eigenvalue weighted by molar-refractivity contribution is 5.90. The van der Waals surface area contributed by atoms with E-state index in [9.17, 15) is 9.90 Å². The van der Waals surface area contributed by atoms with Crippen LogP contribution in [0.15, 0.2) is 28.7 Å². The first kappa shape index (κ1) is 17.4. The molecule has 7 heteroatoms. The number of benzene rings is 1. The van der Waals surface area contributed by atoms with Crippen molar-refractivity contribution in [2.45, 2.75) is 51.7 Å². The largest absolute Gasteiger partial charge is 0.421 e. The number of amides is 2. The summed E-state index contributed by atoms with van der Waals surface area (Å²) in [4.78, 5) is 14.2. The van der Waals surface area contributed by atoms with Crippen LogP contribution in [-0.4, -0.2) is 44.4 Å². The van der Waals surface area contributed by atoms with Crippen LogP contribution in [0.1, 0.15) is 39.5 Å². The standard InChI is InChI=1S/C18H24N4O3/c1-4-15-20-21-16(25-15)12-7-9-13(10-8-12)19-17(23)22-11-5-6-14(22)18(2,3)24/h7-10,14,24H,4-6,11H2,1-3H3,(H,19,23). The van der Waals surface area contributed by atoms with Crippen molar-refractivity contribution in [1.29, 1.82) is 0 Å². The minimum Gasteiger partial charge on any atom is -0.421 e. The van der Waals surface area contributed by atoms with E-state index >= 15 is 0 Å². The zero-order chi connectivity index (χ0) is 18.0. The van der Waals surface area contributed by atoms with Gasteiger partial charge in [0.2, 0.25) is 11.8 Å². The fourth-order valence-electron chi connectivity index (χ4n) is 3.15. The molecule has 1 aliphatic heterocycles. The molecule has 2 N–H and O–H groups in total. The van der Waals surface area contributed by atoms with Crippen LogP contribution in [0.5, 0.6) is 0 Å². The van der Waals surface area contributed by atoms with E-state index in [1.165, 1.54) is 0 Å². The number of rotatable bonds is 4. The molecular weight excluding hydrogens is 320 g/mol. The van der Waals surface area contributed by atoms with Crippen molar-refractivity contribution in [3.05, 3.63) is 30.2 Å². The number of aromatic nitrogens is 2. The van der Waals surface area contributed by atoms with E-state index in [-0.39, 0.29) is 12.1 Å². The van der Waals surface area contributed by atoms with Gasteiger partial charge in [-0.15, -0.1) is 10.2 Å². The van der Waals surface area contributed by atoms with E-state index < -0.39 is 5.60 Å². The number of nitrogens with one attached hydrogen (secondary N) is 1. The molecule has 0 bridgehead atoms. The zero-order valence-corrected chi connectivity index (χ0v) is 14.8. The third-order valence-electron chi connectivity index (χ3n) is 4.48. The molecular formula is C18H24N4O3. The van der Waals surface area contributed by atoms with Crippen LogP contribution in [0.4, 0.5) is 10.5 Å². The smallest absolute Gasteiger partial charge is 0.322 e. The van der Waals surface area contributed by atoms with E-state index in [1.54, 1.807) is 30.9 Å². The third kappa shape index (κ3) is 3.82. The van der Waals surface area contributed by atoms with Gasteiger partial charge in [0.15, 0.2) is 0 Å². The number of anilines is 1. The van der Waals surface area contributed by atoms with Crippen molar-refractivity contribution in [3.63, 3.8) is 0 Å². The molecule has 2 aromatic rings. The summed E-state index contributed by atoms with van der Waals surface area (Å²) in [5, 5.41) is 21.1. The van der Waals surface area contributed by atoms with Crippen molar-refractivity contribution in [2.24, 2.45) is 0 Å². The molecule has 1 atom stereocenters. The molecule has 1 fully saturated rings. The van der Waals surface area contributed by atoms with Gasteiger partial charge in [0, 0.05) is 24.2 Å². The molecule has 1 aromatic carbocycles. The summed E-state index contributed by atoms with van der Waals surface area (Å²) in [5.41, 5.74) is 0.582. The van der Waals surface area contributed by atoms with E-state index in [0.29, 0.717) is 30.4 Å². The van der Waals surface area contributed by atoms with Gasteiger partial charge < -0.3 is 19.7 Å². The van der Waals surface area contributed by atoms with E-state index in [1.807, 2.05) is 19.1 Å². The van der Waals surface area contributed by atoms with Gasteiger partial charge in [0.05, 0.1) is 11.6 Å². The van der Waals surface area contributed by atoms with E-state index in [2.05, 4.69) is 15.5 Å². The maximum Gasteiger partial charge on any atom is 0.322 e. The van der Waals surface area contributed by atoms with Gasteiger partial charge in [-0.25, -0.2) is 4.79 Å². The Morgan fingerprint density at radius 3 is 2.68 bits per heavy atom. The number of nitrogens with zero attached hydrogens (tertiary/aromatic N) is 3. The first-order chi connectivity index (χ1) is 11.9. The Morgan fingerprint density at radius 2 is 2.08 bits per heavy atom. The Morgan fingerprint density at radius 1 is 1.36 bits per heavy atom. The average Bonchev–Trinajstić information content (AvgIpc) is 3.24. The molecule has 1 aromatic heterocycles. The minimum atomic E-state index is -0.910. The lowest BCUT2D eigenvalue weighted by molar-refractivity contribution is 0.0117. The fraction of sp³-hybridized carbons (Fsp3) is 0.500. The quantitative estimate of drug-likeness (QED) is 0.889. The molecule has 0 spiro atoms. The van der Waals surface area contributed by atoms with E-state index in [4.69, 9.17) is 4.42 Å². The lowest BCUT2D eigenvalue weighted by Gasteiger charge is -2.33. The van der Waals surface area contributed by atoms with Crippen LogP contribution in [0, 0.1) is 0 Å². The van der Waals surface area contributed by atoms with E-state index in [0.717, 1.165) is 18.4 Å². The summed E-state index contributed by atoms with van der Waals surface area (Å²) in [6.07, 6.45) is 2.41. The molecule has 1 unspecified atom stereocenters. The molecule has 1 saturated heterocycles. The molecule has 0 saturated carbocycles. The van der Waals surface area contributed by atoms with Crippen molar-refractivity contribution in [2.75, 3.05) is 11.9 Å². The first-order valence-electron chi connectivity index (χ1n) is 8.61. The molecule has 7 nitrogen and oxygen atoms in total. The predicted octanol–water partition coefficient (Wildman–Crippen LogP) is 3.07. The van der Waals surface area contributed by atoms with Crippen LogP contribution in [0.25, 0.3) is 11.5 Å². The summed E-state index contributed by atoms with van der Waals surface area (Å²) in [7, 11) is 0. The predicted molar refractivity (Wildman–Crippen MR) is 94.2 cm³/mol. The number of likely N-dealkylation sites (tertiary alicyclic amines) is 1. The Kier molecular flexibility index (Phi) is 4.76. The van der Waals surface area contributed by atoms with Crippen LogP contribution in [0.2, 0.25) is 0 Å². The van der Waals surface area contributed by atoms with Gasteiger partial charge in [0.25, 0.3) is 0 Å². The number of hydrogen-bond acceptors (Lipinski definition) is 5. The van der Waals surface area contributed by atoms with Crippen LogP contribution >= 0.6 is 0 Å². The third-order valence-corrected chi connectivity index (χ3v) is 4.48. The summed E-state index contributed by atoms with van der Waals surface area (Å²) in [5.74, 6) is 1.07. The fourth-order valence-corrected chi connectivity index (χ4v) is 3.15. The van der Waals surface area contributed by atoms with Gasteiger partial charge in [-0.3, -0.25) is 0 Å². The molecule has 0 aliphatic carbocycles. The van der Waals surface area contributed by atoms with Crippen molar-refractivity contribution < 1.29 is 14.3 Å². The van der Waals surface area contributed by atoms with Crippen molar-refractivity contribution in [3.8, 4) is 11.5 Å². The molecule has 1 aliphatic rings. The summed E-state index contributed by atoms with van der Waals surface area (Å²) in [6.45, 7) is 6.09. The van der Waals surface area contributed by atoms with Crippen molar-refractivity contribution in [1.82, 2.24) is 15.1 Å². The first-order valence-corrected chi connectivity index (χ1v) is 8.61. The summed E-state index contributed by atoms with van der Waals surface area (Å²) >= 11 is 0. The second-order valence-corrected chi connectivity index (χ2v) is 6.87. The number of carbonyl (C=O) groups excluding carboxylic acids is 1. The number of aryl methyl sites for hydroxylation is 1. The summed E-state index contributed by atoms with van der Waals surface area (Å²) < 4.78 is 5.53. The molecule has 25 heavy (non-hydrogen) atoms. The SMILES string of the molecule is CCc1nnc(-c2ccc(NC(=O)N3CCCC3C(C)(C)O)cc2)o1. The molecule has 2 heterocycles. The second-order valence-electron chi connectivity index (χ2n) is 6.87. The maximum atomic E-state index is 12.5. The summed E-state index contributed by atoms with van der Waals surface area (Å²) in [6, 6.07) is 6.91. The lowest BCUT2D eigenvalue weighted by Crippen LogP contribution is -2.49. The molecule has 3 rings (SSSR count). The van der Waals surface area contributed by atoms with Crippen LogP contribution < -0.4 is 5.32 Å². The highest BCUT2D eigenvalue weighted by Gasteiger charge is 2.38. The topological polar surface area (TPSA) is 91.5 Å². The molecule has 2 amide bonds. The number of aliphatic hydroxyl groups is 1. The Hall–Kier alpha value is -2.41. The Labute approximate surface area is 147 Å². The van der Waals surface area contributed by atoms with Gasteiger partial charge in [0.1, 0.15) is 0 Å². The van der Waals surface area contributed by atoms with Gasteiger partial charge in [-0.2, -0.15) is 0 Å². The Balaban J connectivity index is 1.68. The zero-order valence-electron chi connectivity index (χ0n) is 14.8. The van der Waals surface area contributed by atoms with Crippen LogP contribution in [-0.2, 0) is 6.42 Å². The number of urea groups is 1. The maximum absolute atomic E-state index is 12.5. The number of hydrogen-bond donors (Lipinski definition) is 2.